The first kappa shape index (κ1) is 9.90. The van der Waals surface area contributed by atoms with E-state index in [1.165, 1.54) is 0 Å². The number of nitrogens with zero attached hydrogens (tertiary/aromatic N) is 2. The van der Waals surface area contributed by atoms with Crippen LogP contribution in [0.2, 0.25) is 0 Å². The summed E-state index contributed by atoms with van der Waals surface area (Å²) in [5.74, 6) is 3.35. The third-order valence-electron chi connectivity index (χ3n) is 3.63. The maximum absolute atomic E-state index is 5.16. The lowest BCUT2D eigenvalue weighted by molar-refractivity contribution is 0.398. The molecule has 3 heterocycles. The van der Waals surface area contributed by atoms with Crippen LogP contribution in [0.3, 0.4) is 0 Å². The molecular formula is C12H17N3O. The van der Waals surface area contributed by atoms with Gasteiger partial charge in [-0.1, -0.05) is 6.07 Å². The minimum atomic E-state index is 0.702. The number of pyridine rings is 1. The first-order chi connectivity index (χ1) is 7.86. The monoisotopic (exact) mass is 219 g/mol. The summed E-state index contributed by atoms with van der Waals surface area (Å²) in [6, 6.07) is 5.96. The second kappa shape index (κ2) is 3.94. The summed E-state index contributed by atoms with van der Waals surface area (Å²) in [6.45, 7) is 4.56. The molecule has 4 heteroatoms. The van der Waals surface area contributed by atoms with Crippen LogP contribution in [0, 0.1) is 11.8 Å². The molecule has 1 aromatic rings. The fourth-order valence-electron chi connectivity index (χ4n) is 2.74. The van der Waals surface area contributed by atoms with Gasteiger partial charge in [0.15, 0.2) is 0 Å². The molecule has 16 heavy (non-hydrogen) atoms. The molecule has 0 bridgehead atoms. The number of rotatable bonds is 2. The van der Waals surface area contributed by atoms with Gasteiger partial charge in [0, 0.05) is 32.2 Å². The molecule has 0 aromatic carbocycles. The summed E-state index contributed by atoms with van der Waals surface area (Å²) in [6.07, 6.45) is 0. The smallest absolute Gasteiger partial charge is 0.214 e. The van der Waals surface area contributed by atoms with E-state index < -0.39 is 0 Å². The van der Waals surface area contributed by atoms with E-state index in [9.17, 15) is 0 Å². The van der Waals surface area contributed by atoms with Crippen molar-refractivity contribution in [2.75, 3.05) is 38.2 Å². The number of anilines is 1. The Bertz CT molecular complexity index is 370. The van der Waals surface area contributed by atoms with E-state index in [1.54, 1.807) is 7.11 Å². The predicted molar refractivity (Wildman–Crippen MR) is 62.9 cm³/mol. The molecule has 0 saturated carbocycles. The zero-order valence-corrected chi connectivity index (χ0v) is 9.52. The molecule has 0 unspecified atom stereocenters. The average molecular weight is 219 g/mol. The van der Waals surface area contributed by atoms with Crippen LogP contribution in [0.5, 0.6) is 5.88 Å². The molecule has 2 aliphatic rings. The lowest BCUT2D eigenvalue weighted by Gasteiger charge is -2.18. The molecule has 1 aromatic heterocycles. The van der Waals surface area contributed by atoms with E-state index in [-0.39, 0.29) is 0 Å². The highest BCUT2D eigenvalue weighted by molar-refractivity contribution is 5.42. The van der Waals surface area contributed by atoms with Gasteiger partial charge in [-0.15, -0.1) is 0 Å². The lowest BCUT2D eigenvalue weighted by Crippen LogP contribution is -2.26. The molecule has 2 fully saturated rings. The second-order valence-corrected chi connectivity index (χ2v) is 4.62. The highest BCUT2D eigenvalue weighted by Crippen LogP contribution is 2.29. The van der Waals surface area contributed by atoms with Gasteiger partial charge in [0.2, 0.25) is 5.88 Å². The molecule has 0 spiro atoms. The predicted octanol–water partition coefficient (Wildman–Crippen LogP) is 0.746. The standard InChI is InChI=1S/C12H17N3O/c1-16-12-4-2-3-11(14-12)15-7-9-5-13-6-10(9)8-15/h2-4,9-10,13H,5-8H2,1H3/t9-,10+. The number of methoxy groups -OCH3 is 1. The number of hydrogen-bond donors (Lipinski definition) is 1. The van der Waals surface area contributed by atoms with Crippen LogP contribution >= 0.6 is 0 Å². The fraction of sp³-hybridized carbons (Fsp3) is 0.583. The number of ether oxygens (including phenoxy) is 1. The van der Waals surface area contributed by atoms with Gasteiger partial charge in [-0.2, -0.15) is 4.98 Å². The minimum absolute atomic E-state index is 0.702. The summed E-state index contributed by atoms with van der Waals surface area (Å²) < 4.78 is 5.16. The van der Waals surface area contributed by atoms with Gasteiger partial charge in [0.1, 0.15) is 5.82 Å². The molecular weight excluding hydrogens is 202 g/mol. The number of hydrogen-bond acceptors (Lipinski definition) is 4. The van der Waals surface area contributed by atoms with E-state index in [0.717, 1.165) is 43.8 Å². The summed E-state index contributed by atoms with van der Waals surface area (Å²) in [5.41, 5.74) is 0. The van der Waals surface area contributed by atoms with Gasteiger partial charge in [0.05, 0.1) is 7.11 Å². The summed E-state index contributed by atoms with van der Waals surface area (Å²) in [5, 5.41) is 3.45. The maximum atomic E-state index is 5.16. The average Bonchev–Trinajstić information content (AvgIpc) is 2.89. The third kappa shape index (κ3) is 1.63. The molecule has 2 saturated heterocycles. The number of aromatic nitrogens is 1. The van der Waals surface area contributed by atoms with Crippen molar-refractivity contribution in [2.45, 2.75) is 0 Å². The van der Waals surface area contributed by atoms with Crippen LogP contribution in [-0.4, -0.2) is 38.3 Å². The van der Waals surface area contributed by atoms with E-state index >= 15 is 0 Å². The van der Waals surface area contributed by atoms with E-state index in [2.05, 4.69) is 21.3 Å². The molecule has 2 atom stereocenters. The zero-order chi connectivity index (χ0) is 11.0. The SMILES string of the molecule is COc1cccc(N2C[C@H]3CNC[C@H]3C2)n1. The van der Waals surface area contributed by atoms with Crippen LogP contribution in [0.1, 0.15) is 0 Å². The Kier molecular flexibility index (Phi) is 2.44. The Labute approximate surface area is 95.6 Å². The van der Waals surface area contributed by atoms with Gasteiger partial charge >= 0.3 is 0 Å². The third-order valence-corrected chi connectivity index (χ3v) is 3.63. The van der Waals surface area contributed by atoms with Crippen molar-refractivity contribution < 1.29 is 4.74 Å². The largest absolute Gasteiger partial charge is 0.481 e. The number of fused-ring (bicyclic) bond motifs is 1. The molecule has 4 nitrogen and oxygen atoms in total. The molecule has 86 valence electrons. The molecule has 0 aliphatic carbocycles. The van der Waals surface area contributed by atoms with Crippen LogP contribution in [0.4, 0.5) is 5.82 Å². The van der Waals surface area contributed by atoms with Crippen molar-refractivity contribution >= 4 is 5.82 Å². The van der Waals surface area contributed by atoms with Crippen molar-refractivity contribution in [3.05, 3.63) is 18.2 Å². The molecule has 0 radical (unpaired) electrons. The molecule has 3 rings (SSSR count). The van der Waals surface area contributed by atoms with Crippen LogP contribution in [0.15, 0.2) is 18.2 Å². The van der Waals surface area contributed by atoms with E-state index in [0.29, 0.717) is 5.88 Å². The van der Waals surface area contributed by atoms with Gasteiger partial charge < -0.3 is 15.0 Å². The zero-order valence-electron chi connectivity index (χ0n) is 9.52. The highest BCUT2D eigenvalue weighted by Gasteiger charge is 2.36. The summed E-state index contributed by atoms with van der Waals surface area (Å²) in [7, 11) is 1.66. The molecule has 2 aliphatic heterocycles. The maximum Gasteiger partial charge on any atom is 0.214 e. The van der Waals surface area contributed by atoms with Crippen molar-refractivity contribution in [3.63, 3.8) is 0 Å². The Balaban J connectivity index is 1.78. The van der Waals surface area contributed by atoms with Crippen molar-refractivity contribution in [2.24, 2.45) is 11.8 Å². The second-order valence-electron chi connectivity index (χ2n) is 4.62. The van der Waals surface area contributed by atoms with Crippen molar-refractivity contribution in [3.8, 4) is 5.88 Å². The normalized spacial score (nSPS) is 28.2. The number of nitrogens with one attached hydrogen (secondary N) is 1. The van der Waals surface area contributed by atoms with E-state index in [4.69, 9.17) is 4.74 Å². The van der Waals surface area contributed by atoms with Crippen LogP contribution in [0.25, 0.3) is 0 Å². The molecule has 1 N–H and O–H groups in total. The fourth-order valence-corrected chi connectivity index (χ4v) is 2.74. The first-order valence-electron chi connectivity index (χ1n) is 5.83. The Morgan fingerprint density at radius 1 is 1.31 bits per heavy atom. The van der Waals surface area contributed by atoms with Crippen LogP contribution in [-0.2, 0) is 0 Å². The quantitative estimate of drug-likeness (QED) is 0.796. The first-order valence-corrected chi connectivity index (χ1v) is 5.83. The van der Waals surface area contributed by atoms with Crippen LogP contribution < -0.4 is 15.0 Å². The minimum Gasteiger partial charge on any atom is -0.481 e. The van der Waals surface area contributed by atoms with Gasteiger partial charge in [0.25, 0.3) is 0 Å². The van der Waals surface area contributed by atoms with Gasteiger partial charge in [-0.3, -0.25) is 0 Å². The summed E-state index contributed by atoms with van der Waals surface area (Å²) in [4.78, 5) is 6.86. The van der Waals surface area contributed by atoms with E-state index in [1.807, 2.05) is 12.1 Å². The van der Waals surface area contributed by atoms with Crippen molar-refractivity contribution in [1.29, 1.82) is 0 Å². The lowest BCUT2D eigenvalue weighted by atomic mass is 10.0. The Morgan fingerprint density at radius 3 is 2.75 bits per heavy atom. The van der Waals surface area contributed by atoms with Gasteiger partial charge in [-0.25, -0.2) is 0 Å². The topological polar surface area (TPSA) is 37.4 Å². The Hall–Kier alpha value is -1.29. The summed E-state index contributed by atoms with van der Waals surface area (Å²) >= 11 is 0. The highest BCUT2D eigenvalue weighted by atomic mass is 16.5. The van der Waals surface area contributed by atoms with Crippen molar-refractivity contribution in [1.82, 2.24) is 10.3 Å². The van der Waals surface area contributed by atoms with Gasteiger partial charge in [-0.05, 0) is 17.9 Å². The molecule has 0 amide bonds. The Morgan fingerprint density at radius 2 is 2.06 bits per heavy atom.